The average Bonchev–Trinajstić information content (AvgIpc) is 2.71. The van der Waals surface area contributed by atoms with Crippen LogP contribution < -0.4 is 9.46 Å². The molecule has 2 rings (SSSR count). The van der Waals surface area contributed by atoms with Crippen molar-refractivity contribution >= 4 is 17.9 Å². The minimum atomic E-state index is -0.0153. The van der Waals surface area contributed by atoms with Crippen molar-refractivity contribution in [1.29, 1.82) is 0 Å². The molecule has 0 aliphatic carbocycles. The Morgan fingerprint density at radius 2 is 1.43 bits per heavy atom. The summed E-state index contributed by atoms with van der Waals surface area (Å²) in [5.41, 5.74) is 2.90. The number of aromatic hydroxyl groups is 1. The van der Waals surface area contributed by atoms with Crippen LogP contribution in [0.4, 0.5) is 0 Å². The van der Waals surface area contributed by atoms with Crippen LogP contribution in [0.1, 0.15) is 58.2 Å². The first-order valence-electron chi connectivity index (χ1n) is 9.88. The molecule has 28 heavy (non-hydrogen) atoms. The highest BCUT2D eigenvalue weighted by Gasteiger charge is 2.10. The molecule has 0 heterocycles. The van der Waals surface area contributed by atoms with Gasteiger partial charge in [-0.2, -0.15) is 0 Å². The van der Waals surface area contributed by atoms with Gasteiger partial charge in [0, 0.05) is 6.26 Å². The van der Waals surface area contributed by atoms with E-state index in [1.807, 2.05) is 73.8 Å². The van der Waals surface area contributed by atoms with E-state index < -0.39 is 0 Å². The molecular weight excluding hydrogens is 370 g/mol. The number of ether oxygens (including phenoxy) is 1. The van der Waals surface area contributed by atoms with Crippen molar-refractivity contribution in [3.63, 3.8) is 0 Å². The zero-order valence-electron chi connectivity index (χ0n) is 18.8. The van der Waals surface area contributed by atoms with E-state index in [1.54, 1.807) is 24.3 Å². The average molecular weight is 408 g/mol. The molecule has 0 bridgehead atoms. The first kappa shape index (κ1) is 28.1. The number of hydrogen-bond donors (Lipinski definition) is 2. The number of rotatable bonds is 5. The molecule has 2 N–H and O–H groups in total. The molecule has 4 nitrogen and oxygen atoms in total. The summed E-state index contributed by atoms with van der Waals surface area (Å²) in [4.78, 5) is 11.7. The maximum atomic E-state index is 11.7. The molecule has 0 saturated carbocycles. The van der Waals surface area contributed by atoms with Gasteiger partial charge in [-0.3, -0.25) is 4.79 Å². The van der Waals surface area contributed by atoms with Crippen molar-refractivity contribution in [3.05, 3.63) is 53.1 Å². The Hall–Kier alpha value is -2.14. The van der Waals surface area contributed by atoms with Crippen molar-refractivity contribution in [1.82, 2.24) is 4.72 Å². The van der Waals surface area contributed by atoms with Gasteiger partial charge in [0.25, 0.3) is 0 Å². The quantitative estimate of drug-likeness (QED) is 0.534. The number of benzene rings is 2. The smallest absolute Gasteiger partial charge is 0.234 e. The molecule has 1 amide bonds. The normalized spacial score (nSPS) is 8.75. The van der Waals surface area contributed by atoms with Gasteiger partial charge < -0.3 is 14.6 Å². The molecular formula is C23H37NO3S. The van der Waals surface area contributed by atoms with Crippen LogP contribution in [0, 0.1) is 13.8 Å². The topological polar surface area (TPSA) is 58.6 Å². The van der Waals surface area contributed by atoms with Gasteiger partial charge in [-0.25, -0.2) is 0 Å². The number of amides is 1. The summed E-state index contributed by atoms with van der Waals surface area (Å²) in [6.45, 7) is 15.9. The lowest BCUT2D eigenvalue weighted by atomic mass is 10.0. The zero-order valence-corrected chi connectivity index (χ0v) is 19.7. The van der Waals surface area contributed by atoms with Crippen LogP contribution in [-0.2, 0) is 11.2 Å². The Morgan fingerprint density at radius 3 is 1.86 bits per heavy atom. The lowest BCUT2D eigenvalue weighted by Crippen LogP contribution is -2.17. The highest BCUT2D eigenvalue weighted by atomic mass is 32.2. The van der Waals surface area contributed by atoms with Gasteiger partial charge in [-0.1, -0.05) is 65.6 Å². The van der Waals surface area contributed by atoms with Crippen molar-refractivity contribution in [3.8, 4) is 17.2 Å². The molecule has 0 spiro atoms. The number of carbonyl (C=O) groups excluding carboxylic acids is 1. The van der Waals surface area contributed by atoms with E-state index in [9.17, 15) is 9.90 Å². The van der Waals surface area contributed by atoms with Crippen LogP contribution >= 0.6 is 11.9 Å². The van der Waals surface area contributed by atoms with Gasteiger partial charge in [-0.05, 0) is 54.8 Å². The fourth-order valence-electron chi connectivity index (χ4n) is 2.27. The summed E-state index contributed by atoms with van der Waals surface area (Å²) < 4.78 is 8.60. The molecule has 2 aromatic rings. The lowest BCUT2D eigenvalue weighted by molar-refractivity contribution is -0.118. The maximum absolute atomic E-state index is 11.7. The third kappa shape index (κ3) is 10.3. The second-order valence-corrected chi connectivity index (χ2v) is 5.67. The predicted octanol–water partition coefficient (Wildman–Crippen LogP) is 6.82. The predicted molar refractivity (Wildman–Crippen MR) is 124 cm³/mol. The van der Waals surface area contributed by atoms with Gasteiger partial charge in [0.2, 0.25) is 5.91 Å². The van der Waals surface area contributed by atoms with Gasteiger partial charge in [-0.15, -0.1) is 0 Å². The molecule has 0 fully saturated rings. The van der Waals surface area contributed by atoms with E-state index in [1.165, 1.54) is 11.9 Å². The lowest BCUT2D eigenvalue weighted by Gasteiger charge is -2.14. The Balaban J connectivity index is 0. The standard InChI is InChI=1S/C17H19NO3S.3C2H6/c1-11-8-13(10-16(20)18-22-3)9-12(2)17(11)21-15-6-4-14(19)5-7-15;3*1-2/h4-9,19H,10H2,1-3H3,(H,18,20);3*1-2H3. The van der Waals surface area contributed by atoms with Gasteiger partial charge >= 0.3 is 0 Å². The number of hydrogen-bond acceptors (Lipinski definition) is 4. The third-order valence-corrected chi connectivity index (χ3v) is 3.59. The van der Waals surface area contributed by atoms with E-state index in [0.29, 0.717) is 12.2 Å². The number of carbonyl (C=O) groups is 1. The number of aryl methyl sites for hydroxylation is 2. The monoisotopic (exact) mass is 407 g/mol. The van der Waals surface area contributed by atoms with E-state index in [0.717, 1.165) is 22.4 Å². The second-order valence-electron chi connectivity index (χ2n) is 5.06. The Kier molecular flexibility index (Phi) is 17.0. The summed E-state index contributed by atoms with van der Waals surface area (Å²) in [6, 6.07) is 10.5. The van der Waals surface area contributed by atoms with E-state index in [-0.39, 0.29) is 11.7 Å². The zero-order chi connectivity index (χ0) is 22.1. The van der Waals surface area contributed by atoms with Crippen LogP contribution in [0.3, 0.4) is 0 Å². The summed E-state index contributed by atoms with van der Waals surface area (Å²) >= 11 is 1.30. The molecule has 0 aromatic heterocycles. The number of phenolic OH excluding ortho intramolecular Hbond substituents is 1. The van der Waals surface area contributed by atoms with Crippen LogP contribution in [0.2, 0.25) is 0 Å². The molecule has 0 unspecified atom stereocenters. The van der Waals surface area contributed by atoms with Crippen LogP contribution in [0.15, 0.2) is 36.4 Å². The highest BCUT2D eigenvalue weighted by Crippen LogP contribution is 2.30. The molecule has 0 aliphatic rings. The van der Waals surface area contributed by atoms with Gasteiger partial charge in [0.15, 0.2) is 0 Å². The van der Waals surface area contributed by atoms with Crippen LogP contribution in [-0.4, -0.2) is 17.3 Å². The summed E-state index contributed by atoms with van der Waals surface area (Å²) in [7, 11) is 0. The van der Waals surface area contributed by atoms with E-state index in [4.69, 9.17) is 4.74 Å². The first-order valence-corrected chi connectivity index (χ1v) is 11.1. The fraction of sp³-hybridized carbons (Fsp3) is 0.435. The fourth-order valence-corrected chi connectivity index (χ4v) is 2.57. The van der Waals surface area contributed by atoms with Crippen molar-refractivity contribution in [2.24, 2.45) is 0 Å². The van der Waals surface area contributed by atoms with E-state index >= 15 is 0 Å². The summed E-state index contributed by atoms with van der Waals surface area (Å²) in [6.07, 6.45) is 2.17. The summed E-state index contributed by atoms with van der Waals surface area (Å²) in [5, 5.41) is 9.30. The maximum Gasteiger partial charge on any atom is 0.234 e. The third-order valence-electron chi connectivity index (χ3n) is 3.16. The molecule has 0 aliphatic heterocycles. The minimum Gasteiger partial charge on any atom is -0.508 e. The molecule has 2 aromatic carbocycles. The molecule has 0 saturated heterocycles. The number of phenols is 1. The Morgan fingerprint density at radius 1 is 0.964 bits per heavy atom. The SMILES string of the molecule is CC.CC.CC.CSNC(=O)Cc1cc(C)c(Oc2ccc(O)cc2)c(C)c1. The molecule has 0 atom stereocenters. The van der Waals surface area contributed by atoms with Gasteiger partial charge in [0.1, 0.15) is 17.2 Å². The van der Waals surface area contributed by atoms with Crippen molar-refractivity contribution < 1.29 is 14.6 Å². The second kappa shape index (κ2) is 17.0. The van der Waals surface area contributed by atoms with Gasteiger partial charge in [0.05, 0.1) is 6.42 Å². The van der Waals surface area contributed by atoms with E-state index in [2.05, 4.69) is 4.72 Å². The van der Waals surface area contributed by atoms with Crippen LogP contribution in [0.5, 0.6) is 17.2 Å². The van der Waals surface area contributed by atoms with Crippen molar-refractivity contribution in [2.75, 3.05) is 6.26 Å². The number of nitrogens with one attached hydrogen (secondary N) is 1. The first-order chi connectivity index (χ1) is 13.5. The highest BCUT2D eigenvalue weighted by molar-refractivity contribution is 7.97. The molecule has 5 heteroatoms. The van der Waals surface area contributed by atoms with Crippen molar-refractivity contribution in [2.45, 2.75) is 61.8 Å². The Labute approximate surface area is 175 Å². The summed E-state index contributed by atoms with van der Waals surface area (Å²) in [5.74, 6) is 1.63. The van der Waals surface area contributed by atoms with Crippen LogP contribution in [0.25, 0.3) is 0 Å². The molecule has 158 valence electrons. The largest absolute Gasteiger partial charge is 0.508 e. The molecule has 0 radical (unpaired) electrons. The minimum absolute atomic E-state index is 0.0153. The Bertz CT molecular complexity index is 647.